The number of nitrogens with zero attached hydrogens (tertiary/aromatic N) is 2. The fourth-order valence-corrected chi connectivity index (χ4v) is 2.73. The van der Waals surface area contributed by atoms with Crippen molar-refractivity contribution < 1.29 is 19.8 Å². The molecular weight excluding hydrogens is 334 g/mol. The van der Waals surface area contributed by atoms with Gasteiger partial charge in [-0.15, -0.1) is 0 Å². The minimum absolute atomic E-state index is 0.0359. The number of nitrogens with one attached hydrogen (secondary N) is 1. The molecule has 0 saturated carbocycles. The highest BCUT2D eigenvalue weighted by Crippen LogP contribution is 2.31. The maximum Gasteiger partial charge on any atom is 0.331 e. The van der Waals surface area contributed by atoms with Crippen LogP contribution in [0.4, 0.5) is 0 Å². The first-order valence-corrected chi connectivity index (χ1v) is 9.25. The number of unbranched alkanes of at least 4 members (excludes halogenated alkanes) is 1. The van der Waals surface area contributed by atoms with Crippen molar-refractivity contribution in [1.29, 1.82) is 0 Å². The van der Waals surface area contributed by atoms with Crippen molar-refractivity contribution in [3.8, 4) is 0 Å². The van der Waals surface area contributed by atoms with Crippen molar-refractivity contribution >= 4 is 11.9 Å². The van der Waals surface area contributed by atoms with Gasteiger partial charge in [0.05, 0.1) is 5.41 Å². The van der Waals surface area contributed by atoms with E-state index in [9.17, 15) is 9.59 Å². The highest BCUT2D eigenvalue weighted by atomic mass is 16.4. The molecule has 2 rings (SSSR count). The van der Waals surface area contributed by atoms with Crippen molar-refractivity contribution in [2.75, 3.05) is 46.4 Å². The van der Waals surface area contributed by atoms with Crippen LogP contribution in [0.5, 0.6) is 0 Å². The van der Waals surface area contributed by atoms with Crippen LogP contribution in [-0.4, -0.2) is 78.4 Å². The number of aliphatic carboxylic acids is 2. The van der Waals surface area contributed by atoms with E-state index in [2.05, 4.69) is 29.1 Å². The molecule has 0 aromatic heterocycles. The lowest BCUT2D eigenvalue weighted by Gasteiger charge is -2.32. The molecule has 0 spiro atoms. The van der Waals surface area contributed by atoms with Crippen LogP contribution in [0.3, 0.4) is 0 Å². The normalized spacial score (nSPS) is 23.7. The summed E-state index contributed by atoms with van der Waals surface area (Å²) in [6, 6.07) is 0. The largest absolute Gasteiger partial charge is 0.481 e. The predicted octanol–water partition coefficient (Wildman–Crippen LogP) is 1.63. The minimum Gasteiger partial charge on any atom is -0.481 e. The van der Waals surface area contributed by atoms with Gasteiger partial charge in [-0.05, 0) is 33.4 Å². The molecule has 0 amide bonds. The zero-order valence-corrected chi connectivity index (χ0v) is 16.2. The third kappa shape index (κ3) is 7.68. The first kappa shape index (κ1) is 22.3. The van der Waals surface area contributed by atoms with Gasteiger partial charge in [-0.2, -0.15) is 0 Å². The molecular formula is C19H33N3O4. The van der Waals surface area contributed by atoms with Gasteiger partial charge in [0.2, 0.25) is 0 Å². The second kappa shape index (κ2) is 11.1. The summed E-state index contributed by atoms with van der Waals surface area (Å²) in [4.78, 5) is 26.2. The summed E-state index contributed by atoms with van der Waals surface area (Å²) in [6.07, 6.45) is 7.02. The number of hydrogen-bond acceptors (Lipinski definition) is 5. The molecule has 0 aromatic carbocycles. The number of carboxylic acids is 2. The SMILES string of the molecule is CCCCNCN1CCN(C)CC1.C[C@@]1(C(=O)O)C=CC=C(C(=O)O)C1. The van der Waals surface area contributed by atoms with Crippen LogP contribution in [-0.2, 0) is 9.59 Å². The van der Waals surface area contributed by atoms with E-state index in [4.69, 9.17) is 10.2 Å². The van der Waals surface area contributed by atoms with E-state index >= 15 is 0 Å². The van der Waals surface area contributed by atoms with Crippen LogP contribution >= 0.6 is 0 Å². The van der Waals surface area contributed by atoms with Crippen LogP contribution in [0.2, 0.25) is 0 Å². The summed E-state index contributed by atoms with van der Waals surface area (Å²) < 4.78 is 0. The quantitative estimate of drug-likeness (QED) is 0.589. The Balaban J connectivity index is 0.000000260. The van der Waals surface area contributed by atoms with Crippen LogP contribution in [0.15, 0.2) is 23.8 Å². The molecule has 7 nitrogen and oxygen atoms in total. The molecule has 148 valence electrons. The van der Waals surface area contributed by atoms with E-state index in [0.29, 0.717) is 0 Å². The van der Waals surface area contributed by atoms with Crippen molar-refractivity contribution in [2.45, 2.75) is 33.1 Å². The lowest BCUT2D eigenvalue weighted by atomic mass is 9.80. The third-order valence-corrected chi connectivity index (χ3v) is 4.72. The van der Waals surface area contributed by atoms with Crippen molar-refractivity contribution in [3.05, 3.63) is 23.8 Å². The lowest BCUT2D eigenvalue weighted by Crippen LogP contribution is -2.47. The smallest absolute Gasteiger partial charge is 0.331 e. The van der Waals surface area contributed by atoms with Crippen LogP contribution in [0, 0.1) is 5.41 Å². The number of likely N-dealkylation sites (N-methyl/N-ethyl adjacent to an activating group) is 1. The molecule has 2 aliphatic rings. The predicted molar refractivity (Wildman–Crippen MR) is 102 cm³/mol. The van der Waals surface area contributed by atoms with Gasteiger partial charge in [-0.1, -0.05) is 31.6 Å². The molecule has 1 aliphatic carbocycles. The maximum atomic E-state index is 10.8. The summed E-state index contributed by atoms with van der Waals surface area (Å²) in [5.74, 6) is -2.06. The fourth-order valence-electron chi connectivity index (χ4n) is 2.73. The van der Waals surface area contributed by atoms with E-state index in [1.165, 1.54) is 70.7 Å². The molecule has 1 saturated heterocycles. The maximum absolute atomic E-state index is 10.8. The summed E-state index contributed by atoms with van der Waals surface area (Å²) in [6.45, 7) is 10.9. The molecule has 0 aromatic rings. The molecule has 0 unspecified atom stereocenters. The van der Waals surface area contributed by atoms with Crippen LogP contribution < -0.4 is 5.32 Å². The lowest BCUT2D eigenvalue weighted by molar-refractivity contribution is -0.145. The molecule has 1 fully saturated rings. The number of piperazine rings is 1. The monoisotopic (exact) mass is 367 g/mol. The van der Waals surface area contributed by atoms with Crippen molar-refractivity contribution in [1.82, 2.24) is 15.1 Å². The first-order chi connectivity index (χ1) is 12.3. The van der Waals surface area contributed by atoms with Crippen LogP contribution in [0.25, 0.3) is 0 Å². The van der Waals surface area contributed by atoms with Gasteiger partial charge in [-0.3, -0.25) is 9.69 Å². The Morgan fingerprint density at radius 1 is 1.23 bits per heavy atom. The number of carbonyl (C=O) groups is 2. The Morgan fingerprint density at radius 3 is 2.42 bits per heavy atom. The second-order valence-corrected chi connectivity index (χ2v) is 7.19. The number of hydrogen-bond donors (Lipinski definition) is 3. The van der Waals surface area contributed by atoms with Gasteiger partial charge in [0, 0.05) is 38.4 Å². The van der Waals surface area contributed by atoms with E-state index in [1.807, 2.05) is 0 Å². The number of carboxylic acid groups (broad SMARTS) is 2. The number of rotatable bonds is 7. The molecule has 0 bridgehead atoms. The number of allylic oxidation sites excluding steroid dienone is 2. The Labute approximate surface area is 156 Å². The van der Waals surface area contributed by atoms with Gasteiger partial charge < -0.3 is 20.4 Å². The van der Waals surface area contributed by atoms with E-state index in [0.717, 1.165) is 6.67 Å². The molecule has 1 atom stereocenters. The van der Waals surface area contributed by atoms with E-state index in [1.54, 1.807) is 0 Å². The fraction of sp³-hybridized carbons (Fsp3) is 0.684. The Kier molecular flexibility index (Phi) is 9.54. The van der Waals surface area contributed by atoms with Gasteiger partial charge in [0.15, 0.2) is 0 Å². The highest BCUT2D eigenvalue weighted by molar-refractivity contribution is 5.90. The van der Waals surface area contributed by atoms with E-state index in [-0.39, 0.29) is 12.0 Å². The minimum atomic E-state index is -1.08. The van der Waals surface area contributed by atoms with Gasteiger partial charge in [0.25, 0.3) is 0 Å². The first-order valence-electron chi connectivity index (χ1n) is 9.25. The molecule has 26 heavy (non-hydrogen) atoms. The molecule has 3 N–H and O–H groups in total. The molecule has 1 aliphatic heterocycles. The standard InChI is InChI=1S/C10H23N3.C9H10O4/c1-3-4-5-11-10-13-8-6-12(2)7-9-13;1-9(8(12)13)4-2-3-6(5-9)7(10)11/h11H,3-10H2,1-2H3;2-4H,5H2,1H3,(H,10,11)(H,12,13)/t;9-/m.1/s1. The summed E-state index contributed by atoms with van der Waals surface area (Å²) in [7, 11) is 2.20. The summed E-state index contributed by atoms with van der Waals surface area (Å²) >= 11 is 0. The van der Waals surface area contributed by atoms with Crippen molar-refractivity contribution in [2.24, 2.45) is 5.41 Å². The Bertz CT molecular complexity index is 525. The molecule has 7 heteroatoms. The third-order valence-electron chi connectivity index (χ3n) is 4.72. The van der Waals surface area contributed by atoms with Gasteiger partial charge in [0.1, 0.15) is 0 Å². The molecule has 1 heterocycles. The average molecular weight is 367 g/mol. The molecule has 0 radical (unpaired) electrons. The zero-order valence-electron chi connectivity index (χ0n) is 16.2. The Morgan fingerprint density at radius 2 is 1.88 bits per heavy atom. The highest BCUT2D eigenvalue weighted by Gasteiger charge is 2.34. The second-order valence-electron chi connectivity index (χ2n) is 7.19. The van der Waals surface area contributed by atoms with Gasteiger partial charge in [-0.25, -0.2) is 4.79 Å². The Hall–Kier alpha value is -1.70. The van der Waals surface area contributed by atoms with Gasteiger partial charge >= 0.3 is 11.9 Å². The summed E-state index contributed by atoms with van der Waals surface area (Å²) in [5.41, 5.74) is -0.949. The zero-order chi connectivity index (χ0) is 19.6. The van der Waals surface area contributed by atoms with E-state index < -0.39 is 17.4 Å². The summed E-state index contributed by atoms with van der Waals surface area (Å²) in [5, 5.41) is 21.0. The van der Waals surface area contributed by atoms with Crippen LogP contribution in [0.1, 0.15) is 33.1 Å². The average Bonchev–Trinajstić information content (AvgIpc) is 2.61. The van der Waals surface area contributed by atoms with Crippen molar-refractivity contribution in [3.63, 3.8) is 0 Å². The topological polar surface area (TPSA) is 93.1 Å².